The summed E-state index contributed by atoms with van der Waals surface area (Å²) in [5.74, 6) is 1.96. The lowest BCUT2D eigenvalue weighted by Gasteiger charge is -2.29. The van der Waals surface area contributed by atoms with Gasteiger partial charge in [0.05, 0.1) is 18.8 Å². The minimum absolute atomic E-state index is 0.143. The van der Waals surface area contributed by atoms with E-state index in [0.29, 0.717) is 0 Å². The van der Waals surface area contributed by atoms with Crippen molar-refractivity contribution in [2.45, 2.75) is 38.8 Å². The molecular weight excluding hydrogens is 262 g/mol. The van der Waals surface area contributed by atoms with Gasteiger partial charge in [-0.15, -0.1) is 0 Å². The first-order valence-electron chi connectivity index (χ1n) is 7.77. The average Bonchev–Trinajstić information content (AvgIpc) is 2.94. The van der Waals surface area contributed by atoms with Crippen LogP contribution in [0.3, 0.4) is 0 Å². The molecule has 0 radical (unpaired) electrons. The first kappa shape index (κ1) is 14.4. The van der Waals surface area contributed by atoms with Crippen LogP contribution in [0.25, 0.3) is 0 Å². The molecule has 3 nitrogen and oxygen atoms in total. The first-order chi connectivity index (χ1) is 10.3. The van der Waals surface area contributed by atoms with Crippen LogP contribution in [0.5, 0.6) is 0 Å². The van der Waals surface area contributed by atoms with Gasteiger partial charge >= 0.3 is 0 Å². The van der Waals surface area contributed by atoms with E-state index in [4.69, 9.17) is 9.15 Å². The Labute approximate surface area is 126 Å². The van der Waals surface area contributed by atoms with Crippen molar-refractivity contribution in [2.24, 2.45) is 0 Å². The smallest absolute Gasteiger partial charge is 0.121 e. The number of nitrogens with one attached hydrogen (secondary N) is 1. The topological polar surface area (TPSA) is 34.4 Å². The second-order valence-electron chi connectivity index (χ2n) is 5.60. The van der Waals surface area contributed by atoms with E-state index in [1.807, 2.05) is 13.0 Å². The molecule has 0 aliphatic carbocycles. The maximum Gasteiger partial charge on any atom is 0.121 e. The molecule has 1 aliphatic rings. The summed E-state index contributed by atoms with van der Waals surface area (Å²) >= 11 is 0. The maximum absolute atomic E-state index is 6.03. The van der Waals surface area contributed by atoms with Gasteiger partial charge in [0.2, 0.25) is 0 Å². The fraction of sp³-hybridized carbons (Fsp3) is 0.444. The van der Waals surface area contributed by atoms with E-state index >= 15 is 0 Å². The van der Waals surface area contributed by atoms with E-state index in [0.717, 1.165) is 37.5 Å². The second-order valence-corrected chi connectivity index (χ2v) is 5.60. The Balaban J connectivity index is 1.80. The van der Waals surface area contributed by atoms with Crippen LogP contribution in [0.4, 0.5) is 0 Å². The molecule has 2 aromatic rings. The summed E-state index contributed by atoms with van der Waals surface area (Å²) in [6, 6.07) is 12.9. The summed E-state index contributed by atoms with van der Waals surface area (Å²) in [5.41, 5.74) is 2.74. The summed E-state index contributed by atoms with van der Waals surface area (Å²) in [5, 5.41) is 3.52. The average molecular weight is 285 g/mol. The highest BCUT2D eigenvalue weighted by Crippen LogP contribution is 2.34. The third-order valence-electron chi connectivity index (χ3n) is 4.10. The van der Waals surface area contributed by atoms with Crippen LogP contribution in [0, 0.1) is 6.92 Å². The lowest BCUT2D eigenvalue weighted by atomic mass is 9.93. The van der Waals surface area contributed by atoms with Gasteiger partial charge < -0.3 is 14.5 Å². The van der Waals surface area contributed by atoms with Crippen molar-refractivity contribution in [3.63, 3.8) is 0 Å². The molecule has 2 atom stereocenters. The van der Waals surface area contributed by atoms with Gasteiger partial charge in [0.25, 0.3) is 0 Å². The van der Waals surface area contributed by atoms with Crippen LogP contribution < -0.4 is 5.32 Å². The zero-order valence-corrected chi connectivity index (χ0v) is 12.8. The predicted octanol–water partition coefficient (Wildman–Crippen LogP) is 3.94. The zero-order valence-electron chi connectivity index (χ0n) is 12.8. The molecule has 0 bridgehead atoms. The van der Waals surface area contributed by atoms with Crippen molar-refractivity contribution in [1.29, 1.82) is 0 Å². The number of hydrogen-bond donors (Lipinski definition) is 1. The lowest BCUT2D eigenvalue weighted by molar-refractivity contribution is 0.0277. The Bertz CT molecular complexity index is 590. The van der Waals surface area contributed by atoms with Crippen molar-refractivity contribution < 1.29 is 9.15 Å². The lowest BCUT2D eigenvalue weighted by Crippen LogP contribution is -2.25. The molecule has 3 rings (SSSR count). The molecule has 3 heteroatoms. The minimum Gasteiger partial charge on any atom is -0.465 e. The van der Waals surface area contributed by atoms with E-state index < -0.39 is 0 Å². The van der Waals surface area contributed by atoms with Gasteiger partial charge in [-0.1, -0.05) is 31.2 Å². The summed E-state index contributed by atoms with van der Waals surface area (Å²) < 4.78 is 11.8. The number of ether oxygens (including phenoxy) is 1. The molecule has 1 aromatic heterocycles. The minimum atomic E-state index is 0.143. The van der Waals surface area contributed by atoms with Crippen molar-refractivity contribution in [3.05, 3.63) is 59.0 Å². The van der Waals surface area contributed by atoms with Crippen molar-refractivity contribution in [1.82, 2.24) is 5.32 Å². The van der Waals surface area contributed by atoms with Crippen LogP contribution in [0.15, 0.2) is 40.8 Å². The number of aryl methyl sites for hydroxylation is 1. The van der Waals surface area contributed by atoms with E-state index in [9.17, 15) is 0 Å². The van der Waals surface area contributed by atoms with E-state index in [1.165, 1.54) is 11.1 Å². The second kappa shape index (κ2) is 6.46. The zero-order chi connectivity index (χ0) is 14.7. The summed E-state index contributed by atoms with van der Waals surface area (Å²) in [7, 11) is 0. The molecule has 0 spiro atoms. The standard InChI is InChI=1S/C18H23NO2/c1-3-19-16(17-9-8-13(2)21-17)12-18-15-7-5-4-6-14(15)10-11-20-18/h4-9,16,18-19H,3,10-12H2,1-2H3. The predicted molar refractivity (Wildman–Crippen MR) is 83.3 cm³/mol. The molecule has 1 aromatic carbocycles. The molecule has 21 heavy (non-hydrogen) atoms. The van der Waals surface area contributed by atoms with Gasteiger partial charge in [0.15, 0.2) is 0 Å². The molecule has 1 N–H and O–H groups in total. The molecule has 0 saturated carbocycles. The van der Waals surface area contributed by atoms with Gasteiger partial charge in [-0.05, 0) is 43.1 Å². The highest BCUT2D eigenvalue weighted by molar-refractivity contribution is 5.31. The van der Waals surface area contributed by atoms with Gasteiger partial charge in [-0.3, -0.25) is 0 Å². The van der Waals surface area contributed by atoms with Crippen LogP contribution in [0.2, 0.25) is 0 Å². The fourth-order valence-corrected chi connectivity index (χ4v) is 3.07. The number of furan rings is 1. The van der Waals surface area contributed by atoms with Crippen molar-refractivity contribution >= 4 is 0 Å². The number of rotatable bonds is 5. The van der Waals surface area contributed by atoms with Gasteiger partial charge in [0.1, 0.15) is 11.5 Å². The van der Waals surface area contributed by atoms with Gasteiger partial charge in [-0.25, -0.2) is 0 Å². The van der Waals surface area contributed by atoms with E-state index in [1.54, 1.807) is 0 Å². The Morgan fingerprint density at radius 3 is 2.86 bits per heavy atom. The molecule has 0 fully saturated rings. The molecule has 112 valence electrons. The molecular formula is C18H23NO2. The summed E-state index contributed by atoms with van der Waals surface area (Å²) in [6.45, 7) is 5.83. The monoisotopic (exact) mass is 285 g/mol. The van der Waals surface area contributed by atoms with Gasteiger partial charge in [-0.2, -0.15) is 0 Å². The van der Waals surface area contributed by atoms with E-state index in [-0.39, 0.29) is 12.1 Å². The maximum atomic E-state index is 6.03. The Morgan fingerprint density at radius 1 is 1.24 bits per heavy atom. The molecule has 2 unspecified atom stereocenters. The van der Waals surface area contributed by atoms with Crippen molar-refractivity contribution in [2.75, 3.05) is 13.2 Å². The number of hydrogen-bond acceptors (Lipinski definition) is 3. The SMILES string of the molecule is CCNC(CC1OCCc2ccccc21)c1ccc(C)o1. The van der Waals surface area contributed by atoms with Crippen LogP contribution in [-0.4, -0.2) is 13.2 Å². The van der Waals surface area contributed by atoms with Crippen molar-refractivity contribution in [3.8, 4) is 0 Å². The largest absolute Gasteiger partial charge is 0.465 e. The highest BCUT2D eigenvalue weighted by atomic mass is 16.5. The molecule has 1 aliphatic heterocycles. The third-order valence-corrected chi connectivity index (χ3v) is 4.10. The Hall–Kier alpha value is -1.58. The van der Waals surface area contributed by atoms with Crippen LogP contribution in [0.1, 0.15) is 48.1 Å². The van der Waals surface area contributed by atoms with Crippen LogP contribution >= 0.6 is 0 Å². The molecule has 0 saturated heterocycles. The van der Waals surface area contributed by atoms with E-state index in [2.05, 4.69) is 42.6 Å². The number of fused-ring (bicyclic) bond motifs is 1. The Morgan fingerprint density at radius 2 is 2.10 bits per heavy atom. The van der Waals surface area contributed by atoms with Gasteiger partial charge in [0, 0.05) is 6.42 Å². The molecule has 2 heterocycles. The fourth-order valence-electron chi connectivity index (χ4n) is 3.07. The van der Waals surface area contributed by atoms with Crippen LogP contribution in [-0.2, 0) is 11.2 Å². The first-order valence-corrected chi connectivity index (χ1v) is 7.77. The quantitative estimate of drug-likeness (QED) is 0.903. The summed E-state index contributed by atoms with van der Waals surface area (Å²) in [4.78, 5) is 0. The Kier molecular flexibility index (Phi) is 4.42. The number of benzene rings is 1. The summed E-state index contributed by atoms with van der Waals surface area (Å²) in [6.07, 6.45) is 2.06. The normalized spacial score (nSPS) is 19.2. The third kappa shape index (κ3) is 3.20. The highest BCUT2D eigenvalue weighted by Gasteiger charge is 2.25. The molecule has 0 amide bonds.